The number of carbonyl (C=O) groups excluding carboxylic acids is 1. The number of hydrogen-bond acceptors (Lipinski definition) is 5. The van der Waals surface area contributed by atoms with E-state index in [0.717, 1.165) is 0 Å². The minimum atomic E-state index is -3.35. The lowest BCUT2D eigenvalue weighted by molar-refractivity contribution is -0.140. The first-order chi connectivity index (χ1) is 7.57. The van der Waals surface area contributed by atoms with Crippen molar-refractivity contribution in [3.8, 4) is 0 Å². The normalized spacial score (nSPS) is 25.8. The van der Waals surface area contributed by atoms with Crippen LogP contribution in [0, 0.1) is 0 Å². The summed E-state index contributed by atoms with van der Waals surface area (Å²) >= 11 is 2.13. The molecule has 0 saturated carbocycles. The van der Waals surface area contributed by atoms with Gasteiger partial charge in [0, 0.05) is 10.8 Å². The SMILES string of the molecule is CCOP(=O)(OCC)C1CC(CI)OC1=O. The molecule has 1 aliphatic rings. The minimum absolute atomic E-state index is 0.174. The van der Waals surface area contributed by atoms with E-state index in [0.29, 0.717) is 10.8 Å². The Kier molecular flexibility index (Phi) is 5.70. The van der Waals surface area contributed by atoms with Crippen LogP contribution in [-0.4, -0.2) is 35.4 Å². The van der Waals surface area contributed by atoms with Crippen LogP contribution in [0.2, 0.25) is 0 Å². The molecule has 7 heteroatoms. The van der Waals surface area contributed by atoms with Gasteiger partial charge in [0.15, 0.2) is 5.66 Å². The molecule has 5 nitrogen and oxygen atoms in total. The predicted octanol–water partition coefficient (Wildman–Crippen LogP) is 2.37. The first kappa shape index (κ1) is 14.4. The Labute approximate surface area is 109 Å². The lowest BCUT2D eigenvalue weighted by Crippen LogP contribution is -2.18. The van der Waals surface area contributed by atoms with Gasteiger partial charge in [-0.3, -0.25) is 9.36 Å². The molecule has 0 spiro atoms. The third kappa shape index (κ3) is 3.18. The smallest absolute Gasteiger partial charge is 0.345 e. The highest BCUT2D eigenvalue weighted by molar-refractivity contribution is 14.1. The molecule has 1 heterocycles. The van der Waals surface area contributed by atoms with E-state index < -0.39 is 19.2 Å². The third-order valence-electron chi connectivity index (χ3n) is 2.21. The summed E-state index contributed by atoms with van der Waals surface area (Å²) in [5, 5.41) is 0. The summed E-state index contributed by atoms with van der Waals surface area (Å²) in [6, 6.07) is 0. The molecule has 0 radical (unpaired) electrons. The van der Waals surface area contributed by atoms with Crippen molar-refractivity contribution in [1.29, 1.82) is 0 Å². The maximum absolute atomic E-state index is 12.3. The molecular formula is C9H16IO5P. The van der Waals surface area contributed by atoms with Gasteiger partial charge in [0.25, 0.3) is 0 Å². The van der Waals surface area contributed by atoms with Crippen LogP contribution in [-0.2, 0) is 23.1 Å². The van der Waals surface area contributed by atoms with Crippen LogP contribution >= 0.6 is 30.2 Å². The second-order valence-electron chi connectivity index (χ2n) is 3.34. The van der Waals surface area contributed by atoms with Crippen molar-refractivity contribution in [3.63, 3.8) is 0 Å². The molecule has 1 aliphatic heterocycles. The van der Waals surface area contributed by atoms with Gasteiger partial charge in [-0.05, 0) is 13.8 Å². The molecule has 0 bridgehead atoms. The van der Waals surface area contributed by atoms with Gasteiger partial charge >= 0.3 is 13.6 Å². The van der Waals surface area contributed by atoms with Crippen LogP contribution in [0.25, 0.3) is 0 Å². The maximum atomic E-state index is 12.3. The van der Waals surface area contributed by atoms with Crippen molar-refractivity contribution >= 4 is 36.2 Å². The summed E-state index contributed by atoms with van der Waals surface area (Å²) in [5.74, 6) is -0.466. The highest BCUT2D eigenvalue weighted by Gasteiger charge is 2.48. The van der Waals surface area contributed by atoms with E-state index in [4.69, 9.17) is 13.8 Å². The average molecular weight is 362 g/mol. The van der Waals surface area contributed by atoms with E-state index in [1.54, 1.807) is 13.8 Å². The number of esters is 1. The fourth-order valence-electron chi connectivity index (χ4n) is 1.57. The van der Waals surface area contributed by atoms with Crippen LogP contribution in [0.15, 0.2) is 0 Å². The lowest BCUT2D eigenvalue weighted by Gasteiger charge is -2.19. The van der Waals surface area contributed by atoms with Gasteiger partial charge in [-0.25, -0.2) is 0 Å². The number of carbonyl (C=O) groups is 1. The molecule has 1 rings (SSSR count). The first-order valence-electron chi connectivity index (χ1n) is 5.22. The molecule has 0 amide bonds. The molecule has 0 aromatic heterocycles. The fraction of sp³-hybridized carbons (Fsp3) is 0.889. The second kappa shape index (κ2) is 6.33. The number of ether oxygens (including phenoxy) is 1. The number of alkyl halides is 1. The summed E-state index contributed by atoms with van der Waals surface area (Å²) in [6.07, 6.45) is 0.242. The molecule has 16 heavy (non-hydrogen) atoms. The van der Waals surface area contributed by atoms with Crippen LogP contribution < -0.4 is 0 Å². The molecule has 1 saturated heterocycles. The number of hydrogen-bond donors (Lipinski definition) is 0. The summed E-state index contributed by atoms with van der Waals surface area (Å²) < 4.78 is 28.4. The number of halogens is 1. The van der Waals surface area contributed by atoms with Crippen molar-refractivity contribution in [2.45, 2.75) is 32.0 Å². The number of cyclic esters (lactones) is 1. The maximum Gasteiger partial charge on any atom is 0.345 e. The van der Waals surface area contributed by atoms with E-state index in [-0.39, 0.29) is 19.3 Å². The average Bonchev–Trinajstić information content (AvgIpc) is 2.61. The minimum Gasteiger partial charge on any atom is -0.461 e. The Morgan fingerprint density at radius 2 is 2.00 bits per heavy atom. The van der Waals surface area contributed by atoms with Gasteiger partial charge in [0.05, 0.1) is 13.2 Å². The molecule has 2 unspecified atom stereocenters. The van der Waals surface area contributed by atoms with E-state index in [9.17, 15) is 9.36 Å². The predicted molar refractivity (Wildman–Crippen MR) is 68.0 cm³/mol. The summed E-state index contributed by atoms with van der Waals surface area (Å²) in [6.45, 7) is 3.97. The number of rotatable bonds is 6. The quantitative estimate of drug-likeness (QED) is 0.314. The molecule has 94 valence electrons. The highest BCUT2D eigenvalue weighted by Crippen LogP contribution is 2.56. The zero-order valence-corrected chi connectivity index (χ0v) is 12.4. The molecule has 1 fully saturated rings. The monoisotopic (exact) mass is 362 g/mol. The zero-order chi connectivity index (χ0) is 12.2. The topological polar surface area (TPSA) is 61.8 Å². The van der Waals surface area contributed by atoms with Gasteiger partial charge in [-0.15, -0.1) is 0 Å². The zero-order valence-electron chi connectivity index (χ0n) is 9.35. The Bertz CT molecular complexity index is 286. The van der Waals surface area contributed by atoms with Crippen LogP contribution in [0.3, 0.4) is 0 Å². The molecule has 0 aromatic rings. The Balaban J connectivity index is 2.79. The Morgan fingerprint density at radius 3 is 2.38 bits per heavy atom. The summed E-state index contributed by atoms with van der Waals surface area (Å²) in [7, 11) is -3.35. The van der Waals surface area contributed by atoms with Crippen molar-refractivity contribution in [2.75, 3.05) is 17.6 Å². The largest absolute Gasteiger partial charge is 0.461 e. The van der Waals surface area contributed by atoms with Crippen molar-refractivity contribution in [2.24, 2.45) is 0 Å². The molecule has 0 N–H and O–H groups in total. The van der Waals surface area contributed by atoms with E-state index in [1.807, 2.05) is 0 Å². The second-order valence-corrected chi connectivity index (χ2v) is 6.44. The summed E-state index contributed by atoms with van der Waals surface area (Å²) in [4.78, 5) is 11.6. The standard InChI is InChI=1S/C9H16IO5P/c1-3-13-16(12,14-4-2)8-5-7(6-10)15-9(8)11/h7-8H,3-6H2,1-2H3. The van der Waals surface area contributed by atoms with Crippen molar-refractivity contribution in [3.05, 3.63) is 0 Å². The Hall–Kier alpha value is 0.350. The highest BCUT2D eigenvalue weighted by atomic mass is 127. The van der Waals surface area contributed by atoms with Crippen LogP contribution in [0.4, 0.5) is 0 Å². The molecular weight excluding hydrogens is 346 g/mol. The third-order valence-corrected chi connectivity index (χ3v) is 5.62. The van der Waals surface area contributed by atoms with E-state index in [1.165, 1.54) is 0 Å². The van der Waals surface area contributed by atoms with Gasteiger partial charge in [-0.1, -0.05) is 22.6 Å². The Morgan fingerprint density at radius 1 is 1.44 bits per heavy atom. The van der Waals surface area contributed by atoms with Gasteiger partial charge in [-0.2, -0.15) is 0 Å². The van der Waals surface area contributed by atoms with Gasteiger partial charge in [0.2, 0.25) is 0 Å². The fourth-order valence-corrected chi connectivity index (χ4v) is 4.07. The molecule has 2 atom stereocenters. The van der Waals surface area contributed by atoms with Gasteiger partial charge < -0.3 is 13.8 Å². The van der Waals surface area contributed by atoms with Gasteiger partial charge in [0.1, 0.15) is 6.10 Å². The van der Waals surface area contributed by atoms with Crippen molar-refractivity contribution in [1.82, 2.24) is 0 Å². The lowest BCUT2D eigenvalue weighted by atomic mass is 10.3. The first-order valence-corrected chi connectivity index (χ1v) is 8.36. The molecule has 0 aliphatic carbocycles. The van der Waals surface area contributed by atoms with Crippen molar-refractivity contribution < 1.29 is 23.1 Å². The van der Waals surface area contributed by atoms with Crippen LogP contribution in [0.1, 0.15) is 20.3 Å². The van der Waals surface area contributed by atoms with E-state index in [2.05, 4.69) is 22.6 Å². The summed E-state index contributed by atoms with van der Waals surface area (Å²) in [5.41, 5.74) is -0.757. The molecule has 0 aromatic carbocycles. The van der Waals surface area contributed by atoms with Crippen LogP contribution in [0.5, 0.6) is 0 Å². The van der Waals surface area contributed by atoms with E-state index >= 15 is 0 Å².